The number of nitrogens with zero attached hydrogens (tertiary/aromatic N) is 1. The van der Waals surface area contributed by atoms with Gasteiger partial charge in [-0.3, -0.25) is 0 Å². The van der Waals surface area contributed by atoms with Crippen molar-refractivity contribution in [1.29, 1.82) is 0 Å². The monoisotopic (exact) mass is 284 g/mol. The van der Waals surface area contributed by atoms with E-state index in [1.165, 1.54) is 12.3 Å². The van der Waals surface area contributed by atoms with Crippen LogP contribution in [0.1, 0.15) is 5.69 Å². The van der Waals surface area contributed by atoms with Gasteiger partial charge in [0.25, 0.3) is 0 Å². The fourth-order valence-corrected chi connectivity index (χ4v) is 1.72. The zero-order chi connectivity index (χ0) is 11.5. The molecule has 3 nitrogen and oxygen atoms in total. The maximum absolute atomic E-state index is 13.5. The molecule has 0 fully saturated rings. The Labute approximate surface area is 101 Å². The van der Waals surface area contributed by atoms with Gasteiger partial charge in [0.2, 0.25) is 5.89 Å². The summed E-state index contributed by atoms with van der Waals surface area (Å²) in [5.74, 6) is -0.0508. The number of nitrogens with one attached hydrogen (secondary N) is 1. The van der Waals surface area contributed by atoms with Crippen LogP contribution in [0.15, 0.2) is 33.4 Å². The molecular weight excluding hydrogens is 275 g/mol. The minimum Gasteiger partial charge on any atom is -0.444 e. The molecule has 0 aliphatic carbocycles. The van der Waals surface area contributed by atoms with Crippen LogP contribution in [-0.2, 0) is 6.54 Å². The van der Waals surface area contributed by atoms with Gasteiger partial charge in [-0.1, -0.05) is 15.9 Å². The smallest absolute Gasteiger partial charge is 0.229 e. The molecule has 0 spiro atoms. The lowest BCUT2D eigenvalue weighted by Gasteiger charge is -1.98. The average molecular weight is 285 g/mol. The lowest BCUT2D eigenvalue weighted by molar-refractivity contribution is 0.560. The maximum Gasteiger partial charge on any atom is 0.229 e. The number of benzene rings is 1. The highest BCUT2D eigenvalue weighted by atomic mass is 79.9. The van der Waals surface area contributed by atoms with Gasteiger partial charge in [-0.15, -0.1) is 0 Å². The molecule has 1 heterocycles. The third kappa shape index (κ3) is 2.31. The molecule has 0 saturated heterocycles. The fraction of sp³-hybridized carbons (Fsp3) is 0.182. The van der Waals surface area contributed by atoms with E-state index < -0.39 is 0 Å². The van der Waals surface area contributed by atoms with Crippen LogP contribution < -0.4 is 5.32 Å². The Morgan fingerprint density at radius 1 is 1.50 bits per heavy atom. The van der Waals surface area contributed by atoms with Gasteiger partial charge in [-0.05, 0) is 25.2 Å². The summed E-state index contributed by atoms with van der Waals surface area (Å²) in [4.78, 5) is 4.18. The second kappa shape index (κ2) is 4.76. The van der Waals surface area contributed by atoms with Crippen LogP contribution in [0.4, 0.5) is 4.39 Å². The number of hydrogen-bond acceptors (Lipinski definition) is 3. The first-order chi connectivity index (χ1) is 7.70. The Balaban J connectivity index is 2.38. The van der Waals surface area contributed by atoms with Gasteiger partial charge in [0.05, 0.1) is 11.3 Å². The van der Waals surface area contributed by atoms with Crippen molar-refractivity contribution in [3.8, 4) is 11.5 Å². The lowest BCUT2D eigenvalue weighted by atomic mass is 10.2. The minimum atomic E-state index is -0.346. The van der Waals surface area contributed by atoms with E-state index in [2.05, 4.69) is 26.2 Å². The van der Waals surface area contributed by atoms with Crippen LogP contribution in [0.5, 0.6) is 0 Å². The Hall–Kier alpha value is -1.20. The molecular formula is C11H10BrFN2O. The molecule has 0 amide bonds. The van der Waals surface area contributed by atoms with Crippen molar-refractivity contribution in [3.05, 3.63) is 40.4 Å². The Morgan fingerprint density at radius 3 is 3.06 bits per heavy atom. The summed E-state index contributed by atoms with van der Waals surface area (Å²) in [6, 6.07) is 4.65. The lowest BCUT2D eigenvalue weighted by Crippen LogP contribution is -2.04. The van der Waals surface area contributed by atoms with E-state index in [1.807, 2.05) is 7.05 Å². The quantitative estimate of drug-likeness (QED) is 0.942. The SMILES string of the molecule is CNCc1coc(-c2cc(Br)ccc2F)n1. The number of rotatable bonds is 3. The molecule has 0 aliphatic rings. The van der Waals surface area contributed by atoms with Crippen molar-refractivity contribution in [3.63, 3.8) is 0 Å². The Bertz CT molecular complexity index is 498. The molecule has 2 aromatic rings. The van der Waals surface area contributed by atoms with E-state index in [4.69, 9.17) is 4.42 Å². The van der Waals surface area contributed by atoms with Crippen molar-refractivity contribution < 1.29 is 8.81 Å². The van der Waals surface area contributed by atoms with E-state index in [-0.39, 0.29) is 5.82 Å². The van der Waals surface area contributed by atoms with Crippen LogP contribution in [0.2, 0.25) is 0 Å². The highest BCUT2D eigenvalue weighted by Crippen LogP contribution is 2.25. The predicted molar refractivity (Wildman–Crippen MR) is 62.4 cm³/mol. The molecule has 0 atom stereocenters. The topological polar surface area (TPSA) is 38.1 Å². The Morgan fingerprint density at radius 2 is 2.31 bits per heavy atom. The van der Waals surface area contributed by atoms with Gasteiger partial charge in [0, 0.05) is 11.0 Å². The average Bonchev–Trinajstić information content (AvgIpc) is 2.71. The zero-order valence-corrected chi connectivity index (χ0v) is 10.2. The largest absolute Gasteiger partial charge is 0.444 e. The molecule has 1 N–H and O–H groups in total. The van der Waals surface area contributed by atoms with Crippen LogP contribution in [-0.4, -0.2) is 12.0 Å². The molecule has 16 heavy (non-hydrogen) atoms. The minimum absolute atomic E-state index is 0.295. The summed E-state index contributed by atoms with van der Waals surface area (Å²) in [7, 11) is 1.81. The third-order valence-electron chi connectivity index (χ3n) is 2.07. The van der Waals surface area contributed by atoms with E-state index in [1.54, 1.807) is 12.1 Å². The molecule has 0 saturated carbocycles. The van der Waals surface area contributed by atoms with Crippen molar-refractivity contribution in [1.82, 2.24) is 10.3 Å². The highest BCUT2D eigenvalue weighted by Gasteiger charge is 2.11. The molecule has 0 bridgehead atoms. The van der Waals surface area contributed by atoms with Gasteiger partial charge in [-0.25, -0.2) is 9.37 Å². The summed E-state index contributed by atoms with van der Waals surface area (Å²) in [5.41, 5.74) is 1.11. The van der Waals surface area contributed by atoms with Crippen LogP contribution >= 0.6 is 15.9 Å². The van der Waals surface area contributed by atoms with Gasteiger partial charge in [0.15, 0.2) is 0 Å². The molecule has 0 radical (unpaired) electrons. The van der Waals surface area contributed by atoms with Gasteiger partial charge in [0.1, 0.15) is 12.1 Å². The first-order valence-electron chi connectivity index (χ1n) is 4.75. The van der Waals surface area contributed by atoms with Gasteiger partial charge < -0.3 is 9.73 Å². The van der Waals surface area contributed by atoms with Gasteiger partial charge >= 0.3 is 0 Å². The molecule has 2 rings (SSSR count). The van der Waals surface area contributed by atoms with Crippen molar-refractivity contribution >= 4 is 15.9 Å². The number of halogens is 2. The summed E-state index contributed by atoms with van der Waals surface area (Å²) in [6.07, 6.45) is 1.52. The Kier molecular flexibility index (Phi) is 3.36. The highest BCUT2D eigenvalue weighted by molar-refractivity contribution is 9.10. The fourth-order valence-electron chi connectivity index (χ4n) is 1.35. The molecule has 0 aliphatic heterocycles. The number of aromatic nitrogens is 1. The molecule has 1 aromatic carbocycles. The summed E-state index contributed by atoms with van der Waals surface area (Å²) in [6.45, 7) is 0.596. The first-order valence-corrected chi connectivity index (χ1v) is 5.54. The van der Waals surface area contributed by atoms with Crippen molar-refractivity contribution in [2.45, 2.75) is 6.54 Å². The molecule has 84 valence electrons. The van der Waals surface area contributed by atoms with Crippen LogP contribution in [0.25, 0.3) is 11.5 Å². The standard InChI is InChI=1S/C11H10BrFN2O/c1-14-5-8-6-16-11(15-8)9-4-7(12)2-3-10(9)13/h2-4,6,14H,5H2,1H3. The summed E-state index contributed by atoms with van der Waals surface area (Å²) < 4.78 is 19.5. The molecule has 1 aromatic heterocycles. The number of oxazole rings is 1. The molecule has 0 unspecified atom stereocenters. The van der Waals surface area contributed by atoms with E-state index in [9.17, 15) is 4.39 Å². The van der Waals surface area contributed by atoms with Crippen LogP contribution in [0, 0.1) is 5.82 Å². The first kappa shape index (κ1) is 11.3. The summed E-state index contributed by atoms with van der Waals surface area (Å²) >= 11 is 3.28. The van der Waals surface area contributed by atoms with E-state index in [0.29, 0.717) is 18.0 Å². The normalized spacial score (nSPS) is 10.7. The van der Waals surface area contributed by atoms with Gasteiger partial charge in [-0.2, -0.15) is 0 Å². The third-order valence-corrected chi connectivity index (χ3v) is 2.56. The predicted octanol–water partition coefficient (Wildman–Crippen LogP) is 2.96. The second-order valence-corrected chi connectivity index (χ2v) is 4.21. The van der Waals surface area contributed by atoms with E-state index >= 15 is 0 Å². The maximum atomic E-state index is 13.5. The van der Waals surface area contributed by atoms with E-state index in [0.717, 1.165) is 10.2 Å². The number of hydrogen-bond donors (Lipinski definition) is 1. The van der Waals surface area contributed by atoms with Crippen LogP contribution in [0.3, 0.4) is 0 Å². The van der Waals surface area contributed by atoms with Crippen molar-refractivity contribution in [2.75, 3.05) is 7.05 Å². The molecule has 5 heteroatoms. The van der Waals surface area contributed by atoms with Crippen molar-refractivity contribution in [2.24, 2.45) is 0 Å². The second-order valence-electron chi connectivity index (χ2n) is 3.30. The summed E-state index contributed by atoms with van der Waals surface area (Å²) in [5, 5.41) is 2.95. The zero-order valence-electron chi connectivity index (χ0n) is 8.63.